The molecule has 70 valence electrons. The summed E-state index contributed by atoms with van der Waals surface area (Å²) in [5.74, 6) is 1.41. The normalized spacial score (nSPS) is 12.8. The molecule has 0 heteroatoms. The second kappa shape index (κ2) is 5.18. The lowest BCUT2D eigenvalue weighted by molar-refractivity contribution is 0.444. The van der Waals surface area contributed by atoms with Crippen molar-refractivity contribution >= 4 is 0 Å². The zero-order chi connectivity index (χ0) is 9.72. The van der Waals surface area contributed by atoms with Crippen LogP contribution >= 0.6 is 0 Å². The van der Waals surface area contributed by atoms with E-state index in [-0.39, 0.29) is 0 Å². The van der Waals surface area contributed by atoms with Gasteiger partial charge in [-0.3, -0.25) is 0 Å². The molecule has 0 saturated carbocycles. The average Bonchev–Trinajstić information content (AvgIpc) is 1.98. The third-order valence-electron chi connectivity index (χ3n) is 2.57. The van der Waals surface area contributed by atoms with Gasteiger partial charge in [-0.1, -0.05) is 31.1 Å². The van der Waals surface area contributed by atoms with Gasteiger partial charge in [-0.2, -0.15) is 0 Å². The van der Waals surface area contributed by atoms with E-state index in [2.05, 4.69) is 41.2 Å². The molecule has 0 aliphatic heterocycles. The van der Waals surface area contributed by atoms with E-state index in [4.69, 9.17) is 0 Å². The van der Waals surface area contributed by atoms with Crippen molar-refractivity contribution in [3.05, 3.63) is 23.8 Å². The maximum Gasteiger partial charge on any atom is -0.0146 e. The summed E-state index contributed by atoms with van der Waals surface area (Å²) in [6.45, 7) is 15.0. The molecular weight excluding hydrogens is 144 g/mol. The molecule has 0 spiro atoms. The molecular formula is C12H22. The SMILES string of the molecule is C=CC[C@@H](C(C)=C(C)C)C(C)C. The predicted molar refractivity (Wildman–Crippen MR) is 57.2 cm³/mol. The van der Waals surface area contributed by atoms with Crippen LogP contribution in [-0.2, 0) is 0 Å². The smallest absolute Gasteiger partial charge is 0.0146 e. The standard InChI is InChI=1S/C12H22/c1-7-8-12(10(4)5)11(6)9(2)3/h7,10,12H,1,8H2,2-6H3/t12-/m1/s1. The first-order valence-electron chi connectivity index (χ1n) is 4.75. The van der Waals surface area contributed by atoms with Crippen LogP contribution in [0.15, 0.2) is 23.8 Å². The lowest BCUT2D eigenvalue weighted by Gasteiger charge is -2.21. The Bertz CT molecular complexity index is 168. The maximum absolute atomic E-state index is 3.80. The summed E-state index contributed by atoms with van der Waals surface area (Å²) in [6, 6.07) is 0. The molecule has 0 fully saturated rings. The van der Waals surface area contributed by atoms with Crippen molar-refractivity contribution in [2.45, 2.75) is 41.0 Å². The first-order valence-corrected chi connectivity index (χ1v) is 4.75. The van der Waals surface area contributed by atoms with Crippen LogP contribution in [0.3, 0.4) is 0 Å². The van der Waals surface area contributed by atoms with E-state index in [0.29, 0.717) is 5.92 Å². The van der Waals surface area contributed by atoms with Gasteiger partial charge in [0.1, 0.15) is 0 Å². The predicted octanol–water partition coefficient (Wildman–Crippen LogP) is 4.19. The largest absolute Gasteiger partial charge is 0.103 e. The topological polar surface area (TPSA) is 0 Å². The first kappa shape index (κ1) is 11.5. The van der Waals surface area contributed by atoms with E-state index in [0.717, 1.165) is 12.3 Å². The van der Waals surface area contributed by atoms with Gasteiger partial charge in [0.15, 0.2) is 0 Å². The van der Waals surface area contributed by atoms with Crippen molar-refractivity contribution in [2.75, 3.05) is 0 Å². The Kier molecular flexibility index (Phi) is 4.96. The third-order valence-corrected chi connectivity index (χ3v) is 2.57. The van der Waals surface area contributed by atoms with Gasteiger partial charge in [0, 0.05) is 0 Å². The summed E-state index contributed by atoms with van der Waals surface area (Å²) >= 11 is 0. The highest BCUT2D eigenvalue weighted by Crippen LogP contribution is 2.26. The Labute approximate surface area is 77.4 Å². The molecule has 0 aromatic carbocycles. The minimum atomic E-state index is 0.687. The summed E-state index contributed by atoms with van der Waals surface area (Å²) in [5.41, 5.74) is 2.99. The van der Waals surface area contributed by atoms with E-state index in [1.165, 1.54) is 11.1 Å². The van der Waals surface area contributed by atoms with Gasteiger partial charge in [-0.25, -0.2) is 0 Å². The molecule has 0 rings (SSSR count). The molecule has 0 radical (unpaired) electrons. The highest BCUT2D eigenvalue weighted by atomic mass is 14.2. The van der Waals surface area contributed by atoms with Crippen molar-refractivity contribution in [1.29, 1.82) is 0 Å². The molecule has 1 atom stereocenters. The fraction of sp³-hybridized carbons (Fsp3) is 0.667. The molecule has 0 aliphatic carbocycles. The monoisotopic (exact) mass is 166 g/mol. The lowest BCUT2D eigenvalue weighted by Crippen LogP contribution is -2.10. The molecule has 0 saturated heterocycles. The van der Waals surface area contributed by atoms with Crippen LogP contribution in [0.25, 0.3) is 0 Å². The molecule has 0 bridgehead atoms. The molecule has 0 amide bonds. The van der Waals surface area contributed by atoms with Crippen molar-refractivity contribution in [3.63, 3.8) is 0 Å². The van der Waals surface area contributed by atoms with Gasteiger partial charge in [-0.05, 0) is 39.0 Å². The number of allylic oxidation sites excluding steroid dienone is 3. The molecule has 0 aliphatic rings. The van der Waals surface area contributed by atoms with Crippen LogP contribution in [-0.4, -0.2) is 0 Å². The van der Waals surface area contributed by atoms with Crippen molar-refractivity contribution in [1.82, 2.24) is 0 Å². The van der Waals surface area contributed by atoms with E-state index in [1.807, 2.05) is 6.08 Å². The number of hydrogen-bond acceptors (Lipinski definition) is 0. The van der Waals surface area contributed by atoms with Gasteiger partial charge < -0.3 is 0 Å². The Morgan fingerprint density at radius 3 is 2.00 bits per heavy atom. The highest BCUT2D eigenvalue weighted by molar-refractivity contribution is 5.12. The molecule has 0 aromatic rings. The lowest BCUT2D eigenvalue weighted by atomic mass is 9.84. The molecule has 12 heavy (non-hydrogen) atoms. The minimum absolute atomic E-state index is 0.687. The summed E-state index contributed by atoms with van der Waals surface area (Å²) in [7, 11) is 0. The average molecular weight is 166 g/mol. The summed E-state index contributed by atoms with van der Waals surface area (Å²) in [6.07, 6.45) is 3.13. The number of rotatable bonds is 4. The summed E-state index contributed by atoms with van der Waals surface area (Å²) < 4.78 is 0. The fourth-order valence-corrected chi connectivity index (χ4v) is 1.50. The molecule has 0 N–H and O–H groups in total. The second-order valence-electron chi connectivity index (χ2n) is 4.06. The van der Waals surface area contributed by atoms with Crippen LogP contribution in [0.4, 0.5) is 0 Å². The van der Waals surface area contributed by atoms with E-state index in [9.17, 15) is 0 Å². The molecule has 0 heterocycles. The Hall–Kier alpha value is -0.520. The second-order valence-corrected chi connectivity index (χ2v) is 4.06. The zero-order valence-corrected chi connectivity index (χ0v) is 9.15. The van der Waals surface area contributed by atoms with Crippen LogP contribution in [0.2, 0.25) is 0 Å². The van der Waals surface area contributed by atoms with Gasteiger partial charge in [-0.15, -0.1) is 6.58 Å². The van der Waals surface area contributed by atoms with Crippen LogP contribution in [0.5, 0.6) is 0 Å². The Balaban J connectivity index is 4.51. The van der Waals surface area contributed by atoms with Crippen LogP contribution in [0.1, 0.15) is 41.0 Å². The molecule has 0 aromatic heterocycles. The quantitative estimate of drug-likeness (QED) is 0.549. The van der Waals surface area contributed by atoms with Crippen LogP contribution < -0.4 is 0 Å². The van der Waals surface area contributed by atoms with E-state index in [1.54, 1.807) is 0 Å². The van der Waals surface area contributed by atoms with Crippen molar-refractivity contribution in [3.8, 4) is 0 Å². The number of hydrogen-bond donors (Lipinski definition) is 0. The summed E-state index contributed by atoms with van der Waals surface area (Å²) in [5, 5.41) is 0. The molecule has 0 unspecified atom stereocenters. The van der Waals surface area contributed by atoms with Crippen LogP contribution in [0, 0.1) is 11.8 Å². The van der Waals surface area contributed by atoms with Crippen molar-refractivity contribution < 1.29 is 0 Å². The maximum atomic E-state index is 3.80. The van der Waals surface area contributed by atoms with Gasteiger partial charge in [0.05, 0.1) is 0 Å². The third kappa shape index (κ3) is 3.25. The van der Waals surface area contributed by atoms with Gasteiger partial charge in [0.2, 0.25) is 0 Å². The fourth-order valence-electron chi connectivity index (χ4n) is 1.50. The highest BCUT2D eigenvalue weighted by Gasteiger charge is 2.13. The minimum Gasteiger partial charge on any atom is -0.103 e. The van der Waals surface area contributed by atoms with E-state index < -0.39 is 0 Å². The Morgan fingerprint density at radius 2 is 1.75 bits per heavy atom. The van der Waals surface area contributed by atoms with Gasteiger partial charge in [0.25, 0.3) is 0 Å². The van der Waals surface area contributed by atoms with Crippen molar-refractivity contribution in [2.24, 2.45) is 11.8 Å². The summed E-state index contributed by atoms with van der Waals surface area (Å²) in [4.78, 5) is 0. The van der Waals surface area contributed by atoms with Gasteiger partial charge >= 0.3 is 0 Å². The molecule has 0 nitrogen and oxygen atoms in total. The first-order chi connectivity index (χ1) is 5.50. The van der Waals surface area contributed by atoms with E-state index >= 15 is 0 Å². The zero-order valence-electron chi connectivity index (χ0n) is 9.15. The Morgan fingerprint density at radius 1 is 1.25 bits per heavy atom.